The molecule has 39 heavy (non-hydrogen) atoms. The van der Waals surface area contributed by atoms with Crippen molar-refractivity contribution in [2.24, 2.45) is 0 Å². The summed E-state index contributed by atoms with van der Waals surface area (Å²) in [6.07, 6.45) is -0.804. The average Bonchev–Trinajstić information content (AvgIpc) is 3.29. The second kappa shape index (κ2) is 12.4. The fraction of sp³-hybridized carbons (Fsp3) is 0.429. The van der Waals surface area contributed by atoms with Crippen LogP contribution in [0.4, 0.5) is 0 Å². The van der Waals surface area contributed by atoms with E-state index >= 15 is 0 Å². The number of aliphatic hydroxyl groups is 1. The van der Waals surface area contributed by atoms with Gasteiger partial charge in [-0.3, -0.25) is 9.59 Å². The molecule has 5 rings (SSSR count). The number of cyclic esters (lactones) is 1. The number of hydrogen-bond donors (Lipinski definition) is 3. The second-order valence-electron chi connectivity index (χ2n) is 9.38. The standard InChI is InChI=1S/C26H29N5O6.C2H6/c1-30(2)12-18-16-9-15-11-31-21(10-17-19(25(31)34)13-37-26(35)24(17)33)23(15)29-20(16)3-4-22(18)36-8-7-27-5-6-28-14-32;1-2/h3-4,9-10,14,24,27,33H,5-8,11-13H2,1-2H3,(H,28,32);1-2H3. The molecule has 4 heterocycles. The van der Waals surface area contributed by atoms with Crippen molar-refractivity contribution in [2.75, 3.05) is 40.3 Å². The highest BCUT2D eigenvalue weighted by atomic mass is 16.5. The topological polar surface area (TPSA) is 135 Å². The van der Waals surface area contributed by atoms with Crippen molar-refractivity contribution < 1.29 is 24.2 Å². The van der Waals surface area contributed by atoms with E-state index in [0.717, 1.165) is 27.8 Å². The molecular weight excluding hydrogens is 502 g/mol. The van der Waals surface area contributed by atoms with Crippen LogP contribution < -0.4 is 20.9 Å². The van der Waals surface area contributed by atoms with Gasteiger partial charge in [0.15, 0.2) is 6.10 Å². The van der Waals surface area contributed by atoms with E-state index < -0.39 is 12.1 Å². The average molecular weight is 538 g/mol. The highest BCUT2D eigenvalue weighted by Gasteiger charge is 2.34. The van der Waals surface area contributed by atoms with Crippen molar-refractivity contribution >= 4 is 23.3 Å². The van der Waals surface area contributed by atoms with Crippen molar-refractivity contribution in [3.63, 3.8) is 0 Å². The lowest BCUT2D eigenvalue weighted by Gasteiger charge is -2.21. The first-order valence-corrected chi connectivity index (χ1v) is 13.1. The number of hydrogen-bond acceptors (Lipinski definition) is 9. The molecule has 1 amide bonds. The molecule has 0 fully saturated rings. The molecule has 0 bridgehead atoms. The van der Waals surface area contributed by atoms with Gasteiger partial charge < -0.3 is 34.7 Å². The Bertz CT molecular complexity index is 1430. The van der Waals surface area contributed by atoms with Crippen molar-refractivity contribution in [3.05, 3.63) is 56.9 Å². The van der Waals surface area contributed by atoms with E-state index in [-0.39, 0.29) is 17.7 Å². The molecule has 11 nitrogen and oxygen atoms in total. The monoisotopic (exact) mass is 537 g/mol. The summed E-state index contributed by atoms with van der Waals surface area (Å²) in [5.74, 6) is 0.00733. The number of rotatable bonds is 10. The van der Waals surface area contributed by atoms with Crippen LogP contribution in [-0.4, -0.2) is 72.3 Å². The van der Waals surface area contributed by atoms with E-state index in [1.807, 2.05) is 40.1 Å². The van der Waals surface area contributed by atoms with Crippen LogP contribution in [0.5, 0.6) is 5.75 Å². The summed E-state index contributed by atoms with van der Waals surface area (Å²) in [6.45, 7) is 7.13. The molecule has 0 aliphatic carbocycles. The SMILES string of the molecule is CC.CN(C)Cc1c(OCCNCCNC=O)ccc2nc3c(cc12)Cn1c-3cc2c(c1=O)COC(=O)C2O. The van der Waals surface area contributed by atoms with Crippen LogP contribution >= 0.6 is 0 Å². The van der Waals surface area contributed by atoms with Gasteiger partial charge in [0, 0.05) is 48.3 Å². The Labute approximate surface area is 226 Å². The molecule has 1 unspecified atom stereocenters. The predicted molar refractivity (Wildman–Crippen MR) is 146 cm³/mol. The highest BCUT2D eigenvalue weighted by Crippen LogP contribution is 2.37. The van der Waals surface area contributed by atoms with Gasteiger partial charge in [-0.1, -0.05) is 13.8 Å². The van der Waals surface area contributed by atoms with E-state index in [1.165, 1.54) is 0 Å². The van der Waals surface area contributed by atoms with Crippen LogP contribution in [0.3, 0.4) is 0 Å². The Morgan fingerprint density at radius 3 is 2.74 bits per heavy atom. The number of carbonyl (C=O) groups excluding carboxylic acids is 2. The summed E-state index contributed by atoms with van der Waals surface area (Å²) in [6, 6.07) is 7.54. The van der Waals surface area contributed by atoms with Gasteiger partial charge in [0.1, 0.15) is 19.0 Å². The number of nitrogens with zero attached hydrogens (tertiary/aromatic N) is 3. The smallest absolute Gasteiger partial charge is 0.340 e. The number of carbonyl (C=O) groups is 2. The molecule has 1 aromatic carbocycles. The number of esters is 1. The Morgan fingerprint density at radius 1 is 1.21 bits per heavy atom. The Kier molecular flexibility index (Phi) is 8.95. The normalized spacial score (nSPS) is 15.1. The third-order valence-corrected chi connectivity index (χ3v) is 6.57. The number of nitrogens with one attached hydrogen (secondary N) is 2. The lowest BCUT2D eigenvalue weighted by Crippen LogP contribution is -2.32. The first-order valence-electron chi connectivity index (χ1n) is 13.1. The first kappa shape index (κ1) is 28.2. The molecule has 2 aromatic heterocycles. The zero-order valence-electron chi connectivity index (χ0n) is 22.7. The number of fused-ring (bicyclic) bond motifs is 5. The van der Waals surface area contributed by atoms with Crippen LogP contribution in [0.25, 0.3) is 22.3 Å². The second-order valence-corrected chi connectivity index (χ2v) is 9.38. The van der Waals surface area contributed by atoms with Crippen molar-refractivity contribution in [2.45, 2.75) is 39.6 Å². The molecule has 2 aliphatic rings. The van der Waals surface area contributed by atoms with E-state index in [4.69, 9.17) is 14.5 Å². The molecule has 0 saturated carbocycles. The minimum atomic E-state index is -1.48. The molecule has 0 saturated heterocycles. The molecule has 2 aliphatic heterocycles. The molecule has 1 atom stereocenters. The maximum atomic E-state index is 13.2. The van der Waals surface area contributed by atoms with Gasteiger partial charge in [-0.2, -0.15) is 0 Å². The Hall–Kier alpha value is -3.80. The first-order chi connectivity index (χ1) is 18.9. The van der Waals surface area contributed by atoms with Gasteiger partial charge in [0.05, 0.1) is 29.0 Å². The van der Waals surface area contributed by atoms with Crippen LogP contribution in [0.1, 0.15) is 42.2 Å². The van der Waals surface area contributed by atoms with E-state index in [0.29, 0.717) is 62.7 Å². The summed E-state index contributed by atoms with van der Waals surface area (Å²) in [7, 11) is 3.97. The lowest BCUT2D eigenvalue weighted by atomic mass is 10.00. The summed E-state index contributed by atoms with van der Waals surface area (Å²) < 4.78 is 12.7. The quantitative estimate of drug-likeness (QED) is 0.155. The number of pyridine rings is 2. The number of ether oxygens (including phenoxy) is 2. The van der Waals surface area contributed by atoms with E-state index in [2.05, 4.69) is 21.6 Å². The van der Waals surface area contributed by atoms with Crippen molar-refractivity contribution in [1.82, 2.24) is 25.1 Å². The third kappa shape index (κ3) is 5.65. The Morgan fingerprint density at radius 2 is 2.00 bits per heavy atom. The summed E-state index contributed by atoms with van der Waals surface area (Å²) in [5, 5.41) is 17.1. The zero-order valence-corrected chi connectivity index (χ0v) is 22.7. The Balaban J connectivity index is 0.00000172. The van der Waals surface area contributed by atoms with Gasteiger partial charge in [0.2, 0.25) is 6.41 Å². The summed E-state index contributed by atoms with van der Waals surface area (Å²) in [4.78, 5) is 42.4. The van der Waals surface area contributed by atoms with Gasteiger partial charge in [-0.15, -0.1) is 0 Å². The van der Waals surface area contributed by atoms with Crippen LogP contribution in [0, 0.1) is 0 Å². The summed E-state index contributed by atoms with van der Waals surface area (Å²) >= 11 is 0. The zero-order chi connectivity index (χ0) is 28.1. The van der Waals surface area contributed by atoms with Crippen LogP contribution in [0.2, 0.25) is 0 Å². The highest BCUT2D eigenvalue weighted by molar-refractivity contribution is 5.89. The fourth-order valence-corrected chi connectivity index (χ4v) is 4.83. The number of aromatic nitrogens is 2. The molecular formula is C28H35N5O6. The molecule has 208 valence electrons. The van der Waals surface area contributed by atoms with Gasteiger partial charge >= 0.3 is 5.97 Å². The maximum Gasteiger partial charge on any atom is 0.340 e. The van der Waals surface area contributed by atoms with Gasteiger partial charge in [-0.05, 0) is 38.4 Å². The number of aliphatic hydroxyl groups excluding tert-OH is 1. The molecule has 3 aromatic rings. The largest absolute Gasteiger partial charge is 0.492 e. The fourth-order valence-electron chi connectivity index (χ4n) is 4.83. The van der Waals surface area contributed by atoms with E-state index in [9.17, 15) is 19.5 Å². The number of benzene rings is 1. The van der Waals surface area contributed by atoms with Gasteiger partial charge in [0.25, 0.3) is 5.56 Å². The van der Waals surface area contributed by atoms with Crippen LogP contribution in [-0.2, 0) is 34.0 Å². The van der Waals surface area contributed by atoms with Crippen LogP contribution in [0.15, 0.2) is 29.1 Å². The third-order valence-electron chi connectivity index (χ3n) is 6.57. The van der Waals surface area contributed by atoms with Crippen molar-refractivity contribution in [1.29, 1.82) is 0 Å². The van der Waals surface area contributed by atoms with Gasteiger partial charge in [-0.25, -0.2) is 9.78 Å². The number of amides is 1. The molecule has 11 heteroatoms. The molecule has 0 spiro atoms. The van der Waals surface area contributed by atoms with Crippen molar-refractivity contribution in [3.8, 4) is 17.1 Å². The molecule has 0 radical (unpaired) electrons. The van der Waals surface area contributed by atoms with E-state index in [1.54, 1.807) is 10.6 Å². The molecule has 3 N–H and O–H groups in total. The lowest BCUT2D eigenvalue weighted by molar-refractivity contribution is -0.157. The minimum absolute atomic E-state index is 0.147. The maximum absolute atomic E-state index is 13.2. The predicted octanol–water partition coefficient (Wildman–Crippen LogP) is 1.32. The summed E-state index contributed by atoms with van der Waals surface area (Å²) in [5.41, 5.74) is 4.19. The minimum Gasteiger partial charge on any atom is -0.492 e.